The number of carbonyl (C=O) groups excluding carboxylic acids is 1. The third-order valence-electron chi connectivity index (χ3n) is 9.85. The molecule has 5 atom stereocenters. The topological polar surface area (TPSA) is 65.5 Å². The van der Waals surface area contributed by atoms with Crippen molar-refractivity contribution in [3.8, 4) is 17.2 Å². The number of phenolic OH excluding ortho intramolecular Hbond substituents is 1. The van der Waals surface area contributed by atoms with E-state index in [-0.39, 0.29) is 41.1 Å². The molecule has 2 aliphatic heterocycles. The lowest BCUT2D eigenvalue weighted by Crippen LogP contribution is -2.81. The molecule has 2 aromatic rings. The number of halogens is 3. The zero-order valence-electron chi connectivity index (χ0n) is 23.0. The molecule has 2 heterocycles. The van der Waals surface area contributed by atoms with Gasteiger partial charge < -0.3 is 29.3 Å². The lowest BCUT2D eigenvalue weighted by molar-refractivity contribution is -0.274. The summed E-state index contributed by atoms with van der Waals surface area (Å²) in [6.45, 7) is 0.884. The fourth-order valence-corrected chi connectivity index (χ4v) is 8.31. The minimum atomic E-state index is -4.79. The summed E-state index contributed by atoms with van der Waals surface area (Å²) in [6, 6.07) is 9.25. The molecule has 6 rings (SSSR count). The predicted octanol–water partition coefficient (Wildman–Crippen LogP) is 4.18. The van der Waals surface area contributed by atoms with E-state index in [0.29, 0.717) is 17.7 Å². The van der Waals surface area contributed by atoms with Gasteiger partial charge in [0.05, 0.1) is 11.5 Å². The number of likely N-dealkylation sites (N-methyl/N-ethyl adjacent to an activating group) is 3. The molecule has 0 unspecified atom stereocenters. The first-order valence-corrected chi connectivity index (χ1v) is 13.6. The molecular formula is C30H34F3N3O4. The van der Waals surface area contributed by atoms with Crippen molar-refractivity contribution in [2.75, 3.05) is 34.7 Å². The first-order chi connectivity index (χ1) is 18.9. The van der Waals surface area contributed by atoms with Crippen molar-refractivity contribution in [1.29, 1.82) is 0 Å². The van der Waals surface area contributed by atoms with Crippen LogP contribution >= 0.6 is 0 Å². The molecule has 1 N–H and O–H groups in total. The van der Waals surface area contributed by atoms with Gasteiger partial charge >= 0.3 is 6.36 Å². The molecule has 1 saturated heterocycles. The third kappa shape index (κ3) is 3.75. The highest BCUT2D eigenvalue weighted by Crippen LogP contribution is 2.67. The van der Waals surface area contributed by atoms with E-state index in [1.54, 1.807) is 24.1 Å². The van der Waals surface area contributed by atoms with Gasteiger partial charge in [0.15, 0.2) is 11.5 Å². The smallest absolute Gasteiger partial charge is 0.504 e. The van der Waals surface area contributed by atoms with Gasteiger partial charge in [0, 0.05) is 30.3 Å². The summed E-state index contributed by atoms with van der Waals surface area (Å²) in [7, 11) is 8.19. The fraction of sp³-hybridized carbons (Fsp3) is 0.500. The molecule has 2 fully saturated rings. The van der Waals surface area contributed by atoms with Crippen LogP contribution in [0.2, 0.25) is 0 Å². The molecule has 214 valence electrons. The zero-order valence-corrected chi connectivity index (χ0v) is 23.0. The van der Waals surface area contributed by atoms with Crippen LogP contribution < -0.4 is 9.47 Å². The van der Waals surface area contributed by atoms with E-state index in [4.69, 9.17) is 4.74 Å². The van der Waals surface area contributed by atoms with Crippen molar-refractivity contribution in [1.82, 2.24) is 14.7 Å². The molecular weight excluding hydrogens is 523 g/mol. The Labute approximate surface area is 231 Å². The summed E-state index contributed by atoms with van der Waals surface area (Å²) in [5.74, 6) is 0.0523. The Morgan fingerprint density at radius 2 is 1.98 bits per heavy atom. The van der Waals surface area contributed by atoms with Crippen LogP contribution in [0.5, 0.6) is 17.2 Å². The summed E-state index contributed by atoms with van der Waals surface area (Å²) in [4.78, 5) is 19.9. The monoisotopic (exact) mass is 557 g/mol. The number of aromatic hydroxyl groups is 1. The van der Waals surface area contributed by atoms with Crippen molar-refractivity contribution >= 4 is 12.0 Å². The maximum Gasteiger partial charge on any atom is 0.573 e. The average Bonchev–Trinajstić information content (AvgIpc) is 3.25. The van der Waals surface area contributed by atoms with Crippen LogP contribution in [0.25, 0.3) is 6.08 Å². The zero-order chi connectivity index (χ0) is 28.6. The number of carbonyl (C=O) groups is 1. The second-order valence-corrected chi connectivity index (χ2v) is 11.7. The Hall–Kier alpha value is -3.24. The molecule has 2 aromatic carbocycles. The van der Waals surface area contributed by atoms with Crippen LogP contribution in [0.1, 0.15) is 36.0 Å². The van der Waals surface area contributed by atoms with Gasteiger partial charge in [-0.25, -0.2) is 0 Å². The van der Waals surface area contributed by atoms with Crippen LogP contribution in [0.4, 0.5) is 13.2 Å². The number of nitrogens with zero attached hydrogens (tertiary/aromatic N) is 3. The molecule has 7 nitrogen and oxygen atoms in total. The lowest BCUT2D eigenvalue weighted by Gasteiger charge is -2.68. The first-order valence-electron chi connectivity index (χ1n) is 13.6. The van der Waals surface area contributed by atoms with E-state index < -0.39 is 11.8 Å². The van der Waals surface area contributed by atoms with Gasteiger partial charge in [-0.3, -0.25) is 4.79 Å². The lowest BCUT2D eigenvalue weighted by atomic mass is 9.46. The molecule has 40 heavy (non-hydrogen) atoms. The van der Waals surface area contributed by atoms with Crippen molar-refractivity contribution in [3.05, 3.63) is 59.2 Å². The normalized spacial score (nSPS) is 30.8. The van der Waals surface area contributed by atoms with Crippen molar-refractivity contribution in [2.45, 2.75) is 61.2 Å². The molecule has 0 radical (unpaired) electrons. The highest BCUT2D eigenvalue weighted by Gasteiger charge is 2.74. The van der Waals surface area contributed by atoms with Crippen LogP contribution in [-0.2, 0) is 16.6 Å². The van der Waals surface area contributed by atoms with Crippen LogP contribution in [0, 0.1) is 0 Å². The summed E-state index contributed by atoms with van der Waals surface area (Å²) in [5, 5.41) is 10.9. The number of hydrogen-bond acceptors (Lipinski definition) is 6. The van der Waals surface area contributed by atoms with Gasteiger partial charge in [-0.15, -0.1) is 13.2 Å². The standard InChI is InChI=1S/C30H34F3N3O4/c1-34(2)29-13-12-21(36(4)24(38)11-8-18-6-5-7-20(16-18)40-30(31,32)33)27-28(29)14-15-35(3)23(29)17-19-9-10-22(37)26(39-27)25(19)28/h5-11,16,21,23,27,37H,12-15,17H2,1-4H3/t21-,23-,27+,28+,29-/m1/s1. The quantitative estimate of drug-likeness (QED) is 0.557. The highest BCUT2D eigenvalue weighted by atomic mass is 19.4. The van der Waals surface area contributed by atoms with Gasteiger partial charge in [0.1, 0.15) is 11.9 Å². The number of phenols is 1. The average molecular weight is 558 g/mol. The first kappa shape index (κ1) is 27.0. The Kier molecular flexibility index (Phi) is 6.16. The van der Waals surface area contributed by atoms with Gasteiger partial charge in [-0.2, -0.15) is 0 Å². The minimum absolute atomic E-state index is 0.126. The number of benzene rings is 2. The largest absolute Gasteiger partial charge is 0.573 e. The number of amides is 1. The number of likely N-dealkylation sites (tertiary alicyclic amines) is 1. The van der Waals surface area contributed by atoms with Crippen molar-refractivity contribution in [2.24, 2.45) is 0 Å². The van der Waals surface area contributed by atoms with E-state index in [0.717, 1.165) is 31.4 Å². The van der Waals surface area contributed by atoms with E-state index >= 15 is 0 Å². The molecule has 0 aromatic heterocycles. The molecule has 2 bridgehead atoms. The summed E-state index contributed by atoms with van der Waals surface area (Å²) < 4.78 is 48.6. The molecule has 1 amide bonds. The van der Waals surface area contributed by atoms with Gasteiger partial charge in [-0.05, 0) is 88.8 Å². The maximum absolute atomic E-state index is 13.5. The summed E-state index contributed by atoms with van der Waals surface area (Å²) >= 11 is 0. The Balaban J connectivity index is 1.34. The SMILES string of the molecule is CN1CC[C@]23c4c5ccc(O)c4O[C@H]2[C@H](N(C)C(=O)C=Cc2cccc(OC(F)(F)F)c2)CC[C@@]3(N(C)C)[C@H]1C5. The predicted molar refractivity (Wildman–Crippen MR) is 143 cm³/mol. The molecule has 1 saturated carbocycles. The van der Waals surface area contributed by atoms with Crippen LogP contribution in [-0.4, -0.2) is 90.5 Å². The highest BCUT2D eigenvalue weighted by molar-refractivity contribution is 5.92. The van der Waals surface area contributed by atoms with Crippen molar-refractivity contribution in [3.63, 3.8) is 0 Å². The number of alkyl halides is 3. The summed E-state index contributed by atoms with van der Waals surface area (Å²) in [6.07, 6.45) is 1.000. The van der Waals surface area contributed by atoms with Gasteiger partial charge in [-0.1, -0.05) is 18.2 Å². The fourth-order valence-electron chi connectivity index (χ4n) is 8.31. The Bertz CT molecular complexity index is 1380. The number of ether oxygens (including phenoxy) is 2. The molecule has 10 heteroatoms. The third-order valence-corrected chi connectivity index (χ3v) is 9.85. The van der Waals surface area contributed by atoms with Gasteiger partial charge in [0.2, 0.25) is 5.91 Å². The van der Waals surface area contributed by atoms with E-state index in [1.807, 2.05) is 6.07 Å². The number of piperidine rings is 1. The molecule has 4 aliphatic rings. The Morgan fingerprint density at radius 1 is 1.20 bits per heavy atom. The van der Waals surface area contributed by atoms with Crippen LogP contribution in [0.3, 0.4) is 0 Å². The minimum Gasteiger partial charge on any atom is -0.504 e. The second-order valence-electron chi connectivity index (χ2n) is 11.7. The maximum atomic E-state index is 13.5. The Morgan fingerprint density at radius 3 is 2.70 bits per heavy atom. The van der Waals surface area contributed by atoms with Gasteiger partial charge in [0.25, 0.3) is 0 Å². The van der Waals surface area contributed by atoms with E-state index in [9.17, 15) is 23.1 Å². The van der Waals surface area contributed by atoms with E-state index in [2.05, 4.69) is 35.7 Å². The number of rotatable bonds is 5. The second kappa shape index (κ2) is 9.14. The van der Waals surface area contributed by atoms with Crippen molar-refractivity contribution < 1.29 is 32.5 Å². The summed E-state index contributed by atoms with van der Waals surface area (Å²) in [5.41, 5.74) is 2.07. The number of hydrogen-bond donors (Lipinski definition) is 1. The molecule has 1 spiro atoms. The molecule has 2 aliphatic carbocycles. The van der Waals surface area contributed by atoms with E-state index in [1.165, 1.54) is 35.9 Å². The van der Waals surface area contributed by atoms with Crippen LogP contribution in [0.15, 0.2) is 42.5 Å².